The highest BCUT2D eigenvalue weighted by Gasteiger charge is 2.53. The largest absolute Gasteiger partial charge is 0.494 e. The number of hydrogen-bond donors (Lipinski definition) is 3. The lowest BCUT2D eigenvalue weighted by Crippen LogP contribution is -2.56. The van der Waals surface area contributed by atoms with E-state index in [1.54, 1.807) is 12.1 Å². The molecule has 10 nitrogen and oxygen atoms in total. The number of aliphatic hydroxyl groups is 1. The molecule has 2 atom stereocenters. The zero-order valence-electron chi connectivity index (χ0n) is 25.0. The summed E-state index contributed by atoms with van der Waals surface area (Å²) in [7, 11) is 0. The molecule has 0 bridgehead atoms. The van der Waals surface area contributed by atoms with Gasteiger partial charge < -0.3 is 14.6 Å². The Balaban J connectivity index is 1.38. The van der Waals surface area contributed by atoms with Gasteiger partial charge in [-0.05, 0) is 77.0 Å². The number of ether oxygens (including phenoxy) is 2. The van der Waals surface area contributed by atoms with Gasteiger partial charge in [0, 0.05) is 46.1 Å². The van der Waals surface area contributed by atoms with Crippen LogP contribution in [0, 0.1) is 0 Å². The zero-order valence-corrected chi connectivity index (χ0v) is 26.6. The Labute approximate surface area is 275 Å². The molecule has 11 heteroatoms. The quantitative estimate of drug-likeness (QED) is 0.0519. The van der Waals surface area contributed by atoms with E-state index in [-0.39, 0.29) is 25.0 Å². The number of fused-ring (bicyclic) bond motifs is 1. The van der Waals surface area contributed by atoms with Crippen LogP contribution in [0.4, 0.5) is 5.69 Å². The molecule has 6 rings (SSSR count). The first kappa shape index (κ1) is 31.3. The minimum absolute atomic E-state index is 0.0177. The molecule has 0 saturated carbocycles. The molecule has 0 spiro atoms. The lowest BCUT2D eigenvalue weighted by atomic mass is 9.81. The third kappa shape index (κ3) is 6.78. The van der Waals surface area contributed by atoms with Gasteiger partial charge in [-0.1, -0.05) is 81.7 Å². The summed E-state index contributed by atoms with van der Waals surface area (Å²) in [5.41, 5.74) is 19.1. The molecule has 0 saturated heterocycles. The van der Waals surface area contributed by atoms with Gasteiger partial charge in [0.05, 0.1) is 6.61 Å². The van der Waals surface area contributed by atoms with Crippen molar-refractivity contribution < 1.29 is 19.4 Å². The van der Waals surface area contributed by atoms with Crippen LogP contribution in [0.2, 0.25) is 0 Å². The van der Waals surface area contributed by atoms with Gasteiger partial charge in [0.1, 0.15) is 5.75 Å². The van der Waals surface area contributed by atoms with Crippen LogP contribution >= 0.6 is 15.9 Å². The summed E-state index contributed by atoms with van der Waals surface area (Å²) in [6, 6.07) is 30.4. The Morgan fingerprint density at radius 3 is 2.41 bits per heavy atom. The third-order valence-corrected chi connectivity index (χ3v) is 8.78. The zero-order chi connectivity index (χ0) is 31.9. The molecule has 234 valence electrons. The van der Waals surface area contributed by atoms with Gasteiger partial charge in [-0.15, -0.1) is 0 Å². The summed E-state index contributed by atoms with van der Waals surface area (Å²) in [4.78, 5) is 22.7. The summed E-state index contributed by atoms with van der Waals surface area (Å²) in [6.45, 7) is 0.446. The second-order valence-electron chi connectivity index (χ2n) is 11.3. The number of azide groups is 1. The highest BCUT2D eigenvalue weighted by molar-refractivity contribution is 9.10. The molecule has 3 N–H and O–H groups in total. The number of aliphatic hydroxyl groups excluding tert-OH is 1. The Morgan fingerprint density at radius 1 is 1.02 bits per heavy atom. The van der Waals surface area contributed by atoms with Crippen molar-refractivity contribution in [1.29, 1.82) is 0 Å². The molecule has 1 amide bonds. The number of carbonyl (C=O) groups excluding carboxylic acids is 1. The Hall–Kier alpha value is -4.67. The molecule has 0 unspecified atom stereocenters. The molecule has 1 aliphatic carbocycles. The summed E-state index contributed by atoms with van der Waals surface area (Å²) in [5, 5.41) is 13.0. The number of carbonyl (C=O) groups is 1. The first-order valence-corrected chi connectivity index (χ1v) is 15.9. The molecular formula is C35H33BrN6O4. The average molecular weight is 682 g/mol. The van der Waals surface area contributed by atoms with E-state index in [1.165, 1.54) is 11.1 Å². The first-order valence-electron chi connectivity index (χ1n) is 15.1. The van der Waals surface area contributed by atoms with Crippen molar-refractivity contribution >= 4 is 33.4 Å². The monoisotopic (exact) mass is 680 g/mol. The maximum Gasteiger partial charge on any atom is 0.266 e. The maximum atomic E-state index is 14.6. The van der Waals surface area contributed by atoms with Gasteiger partial charge in [-0.25, -0.2) is 10.4 Å². The van der Waals surface area contributed by atoms with Crippen molar-refractivity contribution in [2.45, 2.75) is 43.4 Å². The Morgan fingerprint density at radius 2 is 1.72 bits per heavy atom. The Kier molecular flexibility index (Phi) is 9.65. The fourth-order valence-corrected chi connectivity index (χ4v) is 6.22. The summed E-state index contributed by atoms with van der Waals surface area (Å²) >= 11 is 3.51. The highest BCUT2D eigenvalue weighted by Crippen LogP contribution is 2.44. The van der Waals surface area contributed by atoms with Crippen LogP contribution in [-0.4, -0.2) is 41.7 Å². The summed E-state index contributed by atoms with van der Waals surface area (Å²) in [5.74, 6) is 0.583. The molecule has 0 radical (unpaired) electrons. The Bertz CT molecular complexity index is 1750. The molecule has 0 fully saturated rings. The number of hydrazine groups is 1. The van der Waals surface area contributed by atoms with E-state index in [4.69, 9.17) is 19.6 Å². The van der Waals surface area contributed by atoms with E-state index < -0.39 is 11.6 Å². The smallest absolute Gasteiger partial charge is 0.266 e. The van der Waals surface area contributed by atoms with Crippen molar-refractivity contribution in [2.75, 3.05) is 13.2 Å². The summed E-state index contributed by atoms with van der Waals surface area (Å²) < 4.78 is 13.2. The lowest BCUT2D eigenvalue weighted by Gasteiger charge is -2.31. The number of hydrogen-bond acceptors (Lipinski definition) is 7. The molecule has 2 aliphatic rings. The number of amides is 1. The van der Waals surface area contributed by atoms with E-state index in [9.17, 15) is 10.3 Å². The van der Waals surface area contributed by atoms with Crippen molar-refractivity contribution in [3.63, 3.8) is 0 Å². The van der Waals surface area contributed by atoms with Gasteiger partial charge in [0.25, 0.3) is 5.91 Å². The molecular weight excluding hydrogens is 648 g/mol. The number of halogens is 1. The maximum absolute atomic E-state index is 14.6. The minimum Gasteiger partial charge on any atom is -0.494 e. The number of rotatable bonds is 12. The van der Waals surface area contributed by atoms with Crippen LogP contribution in [0.5, 0.6) is 5.75 Å². The van der Waals surface area contributed by atoms with E-state index >= 15 is 0 Å². The van der Waals surface area contributed by atoms with Crippen molar-refractivity contribution in [2.24, 2.45) is 10.1 Å². The first-order chi connectivity index (χ1) is 22.5. The average Bonchev–Trinajstić information content (AvgIpc) is 3.68. The highest BCUT2D eigenvalue weighted by atomic mass is 79.9. The van der Waals surface area contributed by atoms with Gasteiger partial charge in [0.15, 0.2) is 11.6 Å². The van der Waals surface area contributed by atoms with E-state index in [2.05, 4.69) is 48.9 Å². The van der Waals surface area contributed by atoms with Crippen molar-refractivity contribution in [3.05, 3.63) is 140 Å². The fraction of sp³-hybridized carbons (Fsp3) is 0.257. The molecule has 1 heterocycles. The predicted molar refractivity (Wildman–Crippen MR) is 179 cm³/mol. The van der Waals surface area contributed by atoms with Crippen LogP contribution in [-0.2, 0) is 28.8 Å². The number of nitrogens with zero attached hydrogens (tertiary/aromatic N) is 4. The van der Waals surface area contributed by atoms with E-state index in [0.717, 1.165) is 22.9 Å². The van der Waals surface area contributed by atoms with Gasteiger partial charge >= 0.3 is 0 Å². The number of nitrogens with one attached hydrogen (secondary N) is 2. The van der Waals surface area contributed by atoms with E-state index in [0.29, 0.717) is 41.5 Å². The number of aliphatic imine (C=N–C) groups is 1. The molecule has 1 aliphatic heterocycles. The molecule has 0 aromatic heterocycles. The van der Waals surface area contributed by atoms with Gasteiger partial charge in [0.2, 0.25) is 5.90 Å². The fourth-order valence-electron chi connectivity index (χ4n) is 5.95. The van der Waals surface area contributed by atoms with Crippen LogP contribution in [0.25, 0.3) is 10.4 Å². The normalized spacial score (nSPS) is 18.7. The lowest BCUT2D eigenvalue weighted by molar-refractivity contribution is -0.130. The SMILES string of the molecule is [N-]=[N+]=Nc1ccccc1C[C@]1(C(=O)NNC2Cc3ccccc3C2)N=C(c2ccc(OCCCO)cc2)O[C@H]1c1ccc(Br)cc1. The summed E-state index contributed by atoms with van der Waals surface area (Å²) in [6.07, 6.45) is 1.40. The number of benzene rings is 4. The van der Waals surface area contributed by atoms with Crippen LogP contribution in [0.15, 0.2) is 112 Å². The van der Waals surface area contributed by atoms with Crippen LogP contribution in [0.1, 0.15) is 40.3 Å². The minimum atomic E-state index is -1.47. The molecule has 4 aromatic rings. The topological polar surface area (TPSA) is 141 Å². The van der Waals surface area contributed by atoms with Crippen LogP contribution < -0.4 is 15.6 Å². The van der Waals surface area contributed by atoms with Gasteiger partial charge in [-0.2, -0.15) is 0 Å². The third-order valence-electron chi connectivity index (χ3n) is 8.25. The van der Waals surface area contributed by atoms with Crippen LogP contribution in [0.3, 0.4) is 0 Å². The molecule has 46 heavy (non-hydrogen) atoms. The standard InChI is InChI=1S/C35H33BrN6O4/c36-28-14-10-23(11-15-28)32-35(22-27-8-3-4-9-31(27)40-42-37,34(44)41-39-29-20-25-6-1-2-7-26(25)21-29)38-33(46-32)24-12-16-30(17-13-24)45-19-5-18-43/h1-4,6-17,29,32,39,43H,5,18-22H2,(H,41,44)/t32-,35-/m0/s1. The van der Waals surface area contributed by atoms with Crippen molar-refractivity contribution in [3.8, 4) is 5.75 Å². The second kappa shape index (κ2) is 14.2. The second-order valence-corrected chi connectivity index (χ2v) is 12.2. The van der Waals surface area contributed by atoms with Gasteiger partial charge in [-0.3, -0.25) is 10.2 Å². The van der Waals surface area contributed by atoms with Crippen molar-refractivity contribution in [1.82, 2.24) is 10.9 Å². The molecule has 4 aromatic carbocycles. The predicted octanol–water partition coefficient (Wildman–Crippen LogP) is 6.44. The van der Waals surface area contributed by atoms with E-state index in [1.807, 2.05) is 72.8 Å².